The van der Waals surface area contributed by atoms with E-state index in [2.05, 4.69) is 4.74 Å². The van der Waals surface area contributed by atoms with Crippen LogP contribution < -0.4 is 0 Å². The molecule has 0 saturated carbocycles. The van der Waals surface area contributed by atoms with Crippen molar-refractivity contribution in [1.29, 1.82) is 0 Å². The molecule has 0 amide bonds. The number of benzene rings is 1. The molecule has 19 heavy (non-hydrogen) atoms. The topological polar surface area (TPSA) is 69.7 Å². The molecule has 0 unspecified atom stereocenters. The molecule has 0 spiro atoms. The predicted molar refractivity (Wildman–Crippen MR) is 67.7 cm³/mol. The Morgan fingerprint density at radius 2 is 1.84 bits per heavy atom. The zero-order chi connectivity index (χ0) is 14.3. The monoisotopic (exact) mass is 264 g/mol. The van der Waals surface area contributed by atoms with E-state index in [9.17, 15) is 14.4 Å². The molecule has 0 aromatic heterocycles. The summed E-state index contributed by atoms with van der Waals surface area (Å²) in [7, 11) is 1.28. The van der Waals surface area contributed by atoms with E-state index in [4.69, 9.17) is 4.74 Å². The average Bonchev–Trinajstić information content (AvgIpc) is 2.38. The van der Waals surface area contributed by atoms with Gasteiger partial charge in [0.05, 0.1) is 25.7 Å². The normalized spacial score (nSPS) is 9.79. The van der Waals surface area contributed by atoms with E-state index >= 15 is 0 Å². The summed E-state index contributed by atoms with van der Waals surface area (Å²) in [5.41, 5.74) is 0.885. The number of ether oxygens (including phenoxy) is 2. The lowest BCUT2D eigenvalue weighted by Gasteiger charge is -2.07. The molecule has 0 aliphatic heterocycles. The molecule has 0 saturated heterocycles. The third-order valence-corrected chi connectivity index (χ3v) is 2.47. The van der Waals surface area contributed by atoms with Crippen molar-refractivity contribution in [3.8, 4) is 0 Å². The Labute approximate surface area is 111 Å². The number of rotatable bonds is 6. The van der Waals surface area contributed by atoms with Gasteiger partial charge in [-0.25, -0.2) is 4.79 Å². The fraction of sp³-hybridized carbons (Fsp3) is 0.357. The van der Waals surface area contributed by atoms with Crippen LogP contribution in [0.3, 0.4) is 0 Å². The number of hydrogen-bond donors (Lipinski definition) is 0. The maximum absolute atomic E-state index is 11.6. The maximum Gasteiger partial charge on any atom is 0.338 e. The van der Waals surface area contributed by atoms with Crippen molar-refractivity contribution in [2.45, 2.75) is 19.8 Å². The molecular weight excluding hydrogens is 248 g/mol. The number of ketones is 1. The summed E-state index contributed by atoms with van der Waals surface area (Å²) in [5.74, 6) is -1.01. The largest absolute Gasteiger partial charge is 0.465 e. The third kappa shape index (κ3) is 4.91. The quantitative estimate of drug-likeness (QED) is 0.729. The Kier molecular flexibility index (Phi) is 5.73. The summed E-state index contributed by atoms with van der Waals surface area (Å²) < 4.78 is 9.55. The van der Waals surface area contributed by atoms with Gasteiger partial charge < -0.3 is 9.47 Å². The first-order valence-corrected chi connectivity index (χ1v) is 5.86. The Morgan fingerprint density at radius 1 is 1.16 bits per heavy atom. The van der Waals surface area contributed by atoms with Gasteiger partial charge in [0.2, 0.25) is 0 Å². The first kappa shape index (κ1) is 14.9. The third-order valence-electron chi connectivity index (χ3n) is 2.47. The van der Waals surface area contributed by atoms with Crippen molar-refractivity contribution >= 4 is 17.7 Å². The number of esters is 2. The molecule has 5 nitrogen and oxygen atoms in total. The van der Waals surface area contributed by atoms with Crippen LogP contribution >= 0.6 is 0 Å². The van der Waals surface area contributed by atoms with Crippen LogP contribution in [0.4, 0.5) is 0 Å². The Bertz CT molecular complexity index is 478. The minimum atomic E-state index is -0.493. The van der Waals surface area contributed by atoms with E-state index in [0.29, 0.717) is 11.1 Å². The second kappa shape index (κ2) is 7.31. The molecule has 0 atom stereocenters. The Hall–Kier alpha value is -2.17. The van der Waals surface area contributed by atoms with Gasteiger partial charge in [-0.2, -0.15) is 0 Å². The van der Waals surface area contributed by atoms with Crippen LogP contribution in [0.5, 0.6) is 0 Å². The van der Waals surface area contributed by atoms with E-state index < -0.39 is 11.9 Å². The van der Waals surface area contributed by atoms with Gasteiger partial charge in [0.25, 0.3) is 0 Å². The summed E-state index contributed by atoms with van der Waals surface area (Å²) in [6.07, 6.45) is 0.174. The highest BCUT2D eigenvalue weighted by Crippen LogP contribution is 2.11. The molecule has 1 aromatic rings. The molecule has 102 valence electrons. The van der Waals surface area contributed by atoms with Gasteiger partial charge in [0.15, 0.2) is 0 Å². The Morgan fingerprint density at radius 3 is 2.47 bits per heavy atom. The molecule has 0 bridgehead atoms. The van der Waals surface area contributed by atoms with Gasteiger partial charge in [-0.3, -0.25) is 9.59 Å². The van der Waals surface area contributed by atoms with E-state index in [0.717, 1.165) is 0 Å². The first-order valence-electron chi connectivity index (χ1n) is 5.86. The first-order chi connectivity index (χ1) is 9.04. The fourth-order valence-electron chi connectivity index (χ4n) is 1.50. The van der Waals surface area contributed by atoms with Gasteiger partial charge in [-0.1, -0.05) is 18.2 Å². The van der Waals surface area contributed by atoms with Crippen molar-refractivity contribution in [3.63, 3.8) is 0 Å². The van der Waals surface area contributed by atoms with Gasteiger partial charge >= 0.3 is 11.9 Å². The molecule has 1 aromatic carbocycles. The number of carbonyl (C=O) groups excluding carboxylic acids is 3. The number of carbonyl (C=O) groups is 3. The van der Waals surface area contributed by atoms with Crippen molar-refractivity contribution in [1.82, 2.24) is 0 Å². The van der Waals surface area contributed by atoms with Crippen molar-refractivity contribution in [2.75, 3.05) is 13.7 Å². The van der Waals surface area contributed by atoms with Crippen molar-refractivity contribution in [3.05, 3.63) is 35.4 Å². The summed E-state index contributed by atoms with van der Waals surface area (Å²) in [4.78, 5) is 33.8. The predicted octanol–water partition coefficient (Wildman–Crippen LogP) is 1.54. The summed E-state index contributed by atoms with van der Waals surface area (Å²) >= 11 is 0. The van der Waals surface area contributed by atoms with Crippen molar-refractivity contribution in [2.24, 2.45) is 0 Å². The van der Waals surface area contributed by atoms with Crippen LogP contribution in [0, 0.1) is 0 Å². The molecule has 0 aliphatic rings. The standard InChI is InChI=1S/C14H16O5/c1-10(15)7-8-19-13(16)9-11-5-3-4-6-12(11)14(17)18-2/h3-6H,7-9H2,1-2H3. The highest BCUT2D eigenvalue weighted by molar-refractivity contribution is 5.92. The van der Waals surface area contributed by atoms with Gasteiger partial charge in [-0.05, 0) is 18.6 Å². The van der Waals surface area contributed by atoms with E-state index in [1.54, 1.807) is 24.3 Å². The lowest BCUT2D eigenvalue weighted by atomic mass is 10.0. The molecule has 5 heteroatoms. The van der Waals surface area contributed by atoms with Crippen LogP contribution in [0.15, 0.2) is 24.3 Å². The van der Waals surface area contributed by atoms with Crippen LogP contribution in [-0.2, 0) is 25.5 Å². The Balaban J connectivity index is 2.64. The van der Waals surface area contributed by atoms with Gasteiger partial charge in [0.1, 0.15) is 5.78 Å². The number of hydrogen-bond acceptors (Lipinski definition) is 5. The fourth-order valence-corrected chi connectivity index (χ4v) is 1.50. The SMILES string of the molecule is COC(=O)c1ccccc1CC(=O)OCCC(C)=O. The van der Waals surface area contributed by atoms with Crippen LogP contribution in [0.2, 0.25) is 0 Å². The van der Waals surface area contributed by atoms with Crippen molar-refractivity contribution < 1.29 is 23.9 Å². The summed E-state index contributed by atoms with van der Waals surface area (Å²) in [6, 6.07) is 6.67. The summed E-state index contributed by atoms with van der Waals surface area (Å²) in [5, 5.41) is 0. The molecule has 0 fully saturated rings. The molecule has 0 N–H and O–H groups in total. The van der Waals surface area contributed by atoms with E-state index in [1.165, 1.54) is 14.0 Å². The molecule has 0 aliphatic carbocycles. The number of Topliss-reactive ketones (excluding diaryl/α,β-unsaturated/α-hetero) is 1. The minimum Gasteiger partial charge on any atom is -0.465 e. The highest BCUT2D eigenvalue weighted by atomic mass is 16.5. The smallest absolute Gasteiger partial charge is 0.338 e. The van der Waals surface area contributed by atoms with Crippen LogP contribution in [0.25, 0.3) is 0 Å². The second-order valence-corrected chi connectivity index (χ2v) is 4.00. The van der Waals surface area contributed by atoms with Gasteiger partial charge in [-0.15, -0.1) is 0 Å². The van der Waals surface area contributed by atoms with E-state index in [1.807, 2.05) is 0 Å². The molecule has 0 heterocycles. The van der Waals surface area contributed by atoms with Crippen LogP contribution in [-0.4, -0.2) is 31.4 Å². The van der Waals surface area contributed by atoms with E-state index in [-0.39, 0.29) is 25.2 Å². The maximum atomic E-state index is 11.6. The molecule has 1 rings (SSSR count). The zero-order valence-electron chi connectivity index (χ0n) is 11.0. The average molecular weight is 264 g/mol. The molecule has 0 radical (unpaired) electrons. The van der Waals surface area contributed by atoms with Crippen LogP contribution in [0.1, 0.15) is 29.3 Å². The summed E-state index contributed by atoms with van der Waals surface area (Å²) in [6.45, 7) is 1.49. The lowest BCUT2D eigenvalue weighted by molar-refractivity contribution is -0.143. The van der Waals surface area contributed by atoms with Gasteiger partial charge in [0, 0.05) is 6.42 Å². The highest BCUT2D eigenvalue weighted by Gasteiger charge is 2.14. The number of methoxy groups -OCH3 is 1. The second-order valence-electron chi connectivity index (χ2n) is 4.00. The lowest BCUT2D eigenvalue weighted by Crippen LogP contribution is -2.14. The molecular formula is C14H16O5. The zero-order valence-corrected chi connectivity index (χ0v) is 11.0. The minimum absolute atomic E-state index is 0.0246.